The van der Waals surface area contributed by atoms with Crippen LogP contribution in [0.15, 0.2) is 24.3 Å². The van der Waals surface area contributed by atoms with Crippen molar-refractivity contribution < 1.29 is 9.53 Å². The topological polar surface area (TPSA) is 55.6 Å². The largest absolute Gasteiger partial charge is 0.389 e. The first kappa shape index (κ1) is 14.6. The number of hydrogen-bond donors (Lipinski definition) is 1. The van der Waals surface area contributed by atoms with E-state index in [2.05, 4.69) is 0 Å². The van der Waals surface area contributed by atoms with Gasteiger partial charge >= 0.3 is 0 Å². The highest BCUT2D eigenvalue weighted by Gasteiger charge is 2.09. The smallest absolute Gasteiger partial charge is 0.226 e. The van der Waals surface area contributed by atoms with Gasteiger partial charge in [0.05, 0.1) is 13.0 Å². The highest BCUT2D eigenvalue weighted by molar-refractivity contribution is 7.80. The van der Waals surface area contributed by atoms with Crippen LogP contribution in [0.1, 0.15) is 11.1 Å². The van der Waals surface area contributed by atoms with Gasteiger partial charge in [-0.25, -0.2) is 0 Å². The number of nitrogens with two attached hydrogens (primary N) is 1. The van der Waals surface area contributed by atoms with Crippen LogP contribution in [-0.2, 0) is 16.0 Å². The highest BCUT2D eigenvalue weighted by Crippen LogP contribution is 2.06. The van der Waals surface area contributed by atoms with Crippen LogP contribution in [0.4, 0.5) is 0 Å². The molecule has 1 amide bonds. The zero-order valence-corrected chi connectivity index (χ0v) is 11.5. The van der Waals surface area contributed by atoms with Gasteiger partial charge in [-0.2, -0.15) is 0 Å². The maximum atomic E-state index is 11.9. The minimum absolute atomic E-state index is 0.0649. The predicted molar refractivity (Wildman–Crippen MR) is 75.5 cm³/mol. The number of likely N-dealkylation sites (N-methyl/N-ethyl adjacent to an activating group) is 1. The van der Waals surface area contributed by atoms with Gasteiger partial charge in [0, 0.05) is 26.3 Å². The fourth-order valence-electron chi connectivity index (χ4n) is 1.45. The fraction of sp³-hybridized carbons (Fsp3) is 0.385. The van der Waals surface area contributed by atoms with Crippen molar-refractivity contribution >= 4 is 23.1 Å². The van der Waals surface area contributed by atoms with Crippen LogP contribution in [-0.4, -0.2) is 43.1 Å². The number of benzene rings is 1. The van der Waals surface area contributed by atoms with Gasteiger partial charge in [0.25, 0.3) is 0 Å². The second-order valence-electron chi connectivity index (χ2n) is 4.05. The monoisotopic (exact) mass is 266 g/mol. The van der Waals surface area contributed by atoms with E-state index in [0.717, 1.165) is 11.1 Å². The Morgan fingerprint density at radius 1 is 1.39 bits per heavy atom. The summed E-state index contributed by atoms with van der Waals surface area (Å²) in [5.74, 6) is 0.0649. The van der Waals surface area contributed by atoms with Crippen molar-refractivity contribution in [1.29, 1.82) is 0 Å². The molecule has 1 aromatic carbocycles. The molecule has 98 valence electrons. The minimum atomic E-state index is 0.0649. The molecule has 18 heavy (non-hydrogen) atoms. The average molecular weight is 266 g/mol. The van der Waals surface area contributed by atoms with Gasteiger partial charge in [0.15, 0.2) is 0 Å². The molecular weight excluding hydrogens is 248 g/mol. The number of thiocarbonyl (C=S) groups is 1. The number of ether oxygens (including phenoxy) is 1. The number of amides is 1. The number of carbonyl (C=O) groups excluding carboxylic acids is 1. The Balaban J connectivity index is 2.56. The SMILES string of the molecule is COCCN(C)C(=O)Cc1ccc(C(N)=S)cc1. The normalized spacial score (nSPS) is 10.1. The Hall–Kier alpha value is -1.46. The first-order valence-corrected chi connectivity index (χ1v) is 6.07. The van der Waals surface area contributed by atoms with Gasteiger partial charge in [0.2, 0.25) is 5.91 Å². The summed E-state index contributed by atoms with van der Waals surface area (Å²) in [6.07, 6.45) is 0.373. The van der Waals surface area contributed by atoms with Crippen molar-refractivity contribution in [2.24, 2.45) is 5.73 Å². The molecule has 0 aliphatic heterocycles. The summed E-state index contributed by atoms with van der Waals surface area (Å²) >= 11 is 4.87. The molecule has 0 radical (unpaired) electrons. The molecule has 0 saturated carbocycles. The van der Waals surface area contributed by atoms with Crippen LogP contribution in [0, 0.1) is 0 Å². The van der Waals surface area contributed by atoms with Crippen molar-refractivity contribution in [1.82, 2.24) is 4.90 Å². The maximum Gasteiger partial charge on any atom is 0.226 e. The van der Waals surface area contributed by atoms with Gasteiger partial charge in [-0.3, -0.25) is 4.79 Å². The van der Waals surface area contributed by atoms with Crippen LogP contribution in [0.5, 0.6) is 0 Å². The molecule has 0 saturated heterocycles. The van der Waals surface area contributed by atoms with E-state index in [-0.39, 0.29) is 5.91 Å². The molecule has 0 unspecified atom stereocenters. The number of methoxy groups -OCH3 is 1. The van der Waals surface area contributed by atoms with Gasteiger partial charge in [-0.15, -0.1) is 0 Å². The van der Waals surface area contributed by atoms with Gasteiger partial charge < -0.3 is 15.4 Å². The lowest BCUT2D eigenvalue weighted by atomic mass is 10.1. The maximum absolute atomic E-state index is 11.9. The van der Waals surface area contributed by atoms with Gasteiger partial charge in [0.1, 0.15) is 4.99 Å². The molecular formula is C13H18N2O2S. The summed E-state index contributed by atoms with van der Waals surface area (Å²) in [7, 11) is 3.39. The van der Waals surface area contributed by atoms with Crippen LogP contribution in [0.2, 0.25) is 0 Å². The molecule has 1 rings (SSSR count). The molecule has 2 N–H and O–H groups in total. The second kappa shape index (κ2) is 7.08. The van der Waals surface area contributed by atoms with Crippen molar-refractivity contribution in [3.8, 4) is 0 Å². The summed E-state index contributed by atoms with van der Waals surface area (Å²) in [6, 6.07) is 7.41. The summed E-state index contributed by atoms with van der Waals surface area (Å²) in [5, 5.41) is 0. The van der Waals surface area contributed by atoms with Gasteiger partial charge in [-0.05, 0) is 5.56 Å². The zero-order chi connectivity index (χ0) is 13.5. The molecule has 4 nitrogen and oxygen atoms in total. The fourth-order valence-corrected chi connectivity index (χ4v) is 1.59. The third kappa shape index (κ3) is 4.43. The first-order valence-electron chi connectivity index (χ1n) is 5.66. The minimum Gasteiger partial charge on any atom is -0.389 e. The molecule has 0 atom stereocenters. The third-order valence-corrected chi connectivity index (χ3v) is 2.89. The van der Waals surface area contributed by atoms with Crippen LogP contribution < -0.4 is 5.73 Å². The van der Waals surface area contributed by atoms with E-state index in [1.807, 2.05) is 24.3 Å². The van der Waals surface area contributed by atoms with E-state index in [4.69, 9.17) is 22.7 Å². The highest BCUT2D eigenvalue weighted by atomic mass is 32.1. The van der Waals surface area contributed by atoms with Crippen molar-refractivity contribution in [2.75, 3.05) is 27.3 Å². The lowest BCUT2D eigenvalue weighted by Crippen LogP contribution is -2.31. The van der Waals surface area contributed by atoms with Crippen LogP contribution >= 0.6 is 12.2 Å². The standard InChI is InChI=1S/C13H18N2O2S/c1-15(7-8-17-2)12(16)9-10-3-5-11(6-4-10)13(14)18/h3-6H,7-9H2,1-2H3,(H2,14,18). The van der Waals surface area contributed by atoms with E-state index in [0.29, 0.717) is 24.6 Å². The lowest BCUT2D eigenvalue weighted by Gasteiger charge is -2.16. The first-order chi connectivity index (χ1) is 8.54. The van der Waals surface area contributed by atoms with Crippen molar-refractivity contribution in [2.45, 2.75) is 6.42 Å². The van der Waals surface area contributed by atoms with E-state index in [1.165, 1.54) is 0 Å². The lowest BCUT2D eigenvalue weighted by molar-refractivity contribution is -0.129. The predicted octanol–water partition coefficient (Wildman–Crippen LogP) is 0.968. The molecule has 0 fully saturated rings. The Morgan fingerprint density at radius 2 is 2.00 bits per heavy atom. The average Bonchev–Trinajstić information content (AvgIpc) is 2.36. The number of nitrogens with zero attached hydrogens (tertiary/aromatic N) is 1. The van der Waals surface area contributed by atoms with E-state index >= 15 is 0 Å². The van der Waals surface area contributed by atoms with Crippen LogP contribution in [0.25, 0.3) is 0 Å². The quantitative estimate of drug-likeness (QED) is 0.780. The molecule has 0 bridgehead atoms. The van der Waals surface area contributed by atoms with Gasteiger partial charge in [-0.1, -0.05) is 36.5 Å². The molecule has 0 aliphatic rings. The number of carbonyl (C=O) groups is 1. The summed E-state index contributed by atoms with van der Waals surface area (Å²) < 4.78 is 4.93. The Labute approximate surface area is 113 Å². The Bertz CT molecular complexity index is 418. The van der Waals surface area contributed by atoms with Crippen LogP contribution in [0.3, 0.4) is 0 Å². The molecule has 5 heteroatoms. The number of hydrogen-bond acceptors (Lipinski definition) is 3. The van der Waals surface area contributed by atoms with E-state index < -0.39 is 0 Å². The van der Waals surface area contributed by atoms with E-state index in [9.17, 15) is 4.79 Å². The Kier molecular flexibility index (Phi) is 5.74. The number of rotatable bonds is 6. The summed E-state index contributed by atoms with van der Waals surface area (Å²) in [5.41, 5.74) is 7.27. The van der Waals surface area contributed by atoms with E-state index in [1.54, 1.807) is 19.1 Å². The van der Waals surface area contributed by atoms with Crippen molar-refractivity contribution in [3.05, 3.63) is 35.4 Å². The molecule has 1 aromatic rings. The molecule has 0 aromatic heterocycles. The summed E-state index contributed by atoms with van der Waals surface area (Å²) in [6.45, 7) is 1.14. The second-order valence-corrected chi connectivity index (χ2v) is 4.49. The summed E-state index contributed by atoms with van der Waals surface area (Å²) in [4.78, 5) is 13.9. The Morgan fingerprint density at radius 3 is 2.50 bits per heavy atom. The zero-order valence-electron chi connectivity index (χ0n) is 10.7. The third-order valence-electron chi connectivity index (χ3n) is 2.65. The molecule has 0 spiro atoms. The molecule has 0 aliphatic carbocycles. The van der Waals surface area contributed by atoms with Crippen molar-refractivity contribution in [3.63, 3.8) is 0 Å². The molecule has 0 heterocycles.